The van der Waals surface area contributed by atoms with E-state index in [0.29, 0.717) is 13.1 Å². The molecule has 1 unspecified atom stereocenters. The van der Waals surface area contributed by atoms with E-state index >= 15 is 0 Å². The number of hydrogen-bond acceptors (Lipinski definition) is 3. The maximum Gasteiger partial charge on any atom is 0.573 e. The fraction of sp³-hybridized carbons (Fsp3) is 0.258. The second kappa shape index (κ2) is 12.1. The Balaban J connectivity index is 1.42. The Kier molecular flexibility index (Phi) is 8.69. The van der Waals surface area contributed by atoms with Gasteiger partial charge in [0.05, 0.1) is 0 Å². The van der Waals surface area contributed by atoms with Gasteiger partial charge in [-0.15, -0.1) is 13.2 Å². The summed E-state index contributed by atoms with van der Waals surface area (Å²) in [6.45, 7) is 5.25. The van der Waals surface area contributed by atoms with E-state index in [4.69, 9.17) is 0 Å². The van der Waals surface area contributed by atoms with E-state index in [1.807, 2.05) is 49.4 Å². The molecule has 1 N–H and O–H groups in total. The van der Waals surface area contributed by atoms with Crippen LogP contribution in [0.3, 0.4) is 0 Å². The average molecular weight is 521 g/mol. The largest absolute Gasteiger partial charge is 0.573 e. The van der Waals surface area contributed by atoms with Gasteiger partial charge in [-0.05, 0) is 53.4 Å². The van der Waals surface area contributed by atoms with Crippen molar-refractivity contribution >= 4 is 16.7 Å². The van der Waals surface area contributed by atoms with Crippen LogP contribution in [0.4, 0.5) is 13.2 Å². The van der Waals surface area contributed by atoms with Crippen LogP contribution in [0.5, 0.6) is 5.75 Å². The summed E-state index contributed by atoms with van der Waals surface area (Å²) in [6, 6.07) is 28.1. The Morgan fingerprint density at radius 1 is 0.868 bits per heavy atom. The zero-order chi connectivity index (χ0) is 27.1. The topological polar surface area (TPSA) is 41.6 Å². The van der Waals surface area contributed by atoms with Gasteiger partial charge in [-0.2, -0.15) is 0 Å². The van der Waals surface area contributed by atoms with Crippen molar-refractivity contribution in [2.75, 3.05) is 6.54 Å². The fourth-order valence-electron chi connectivity index (χ4n) is 4.45. The van der Waals surface area contributed by atoms with Crippen LogP contribution in [0.15, 0.2) is 91.0 Å². The number of nitrogens with one attached hydrogen (secondary N) is 1. The van der Waals surface area contributed by atoms with Crippen molar-refractivity contribution in [1.82, 2.24) is 10.2 Å². The predicted octanol–water partition coefficient (Wildman–Crippen LogP) is 7.32. The number of aryl methyl sites for hydroxylation is 1. The summed E-state index contributed by atoms with van der Waals surface area (Å²) in [5.41, 5.74) is 4.00. The normalized spacial score (nSPS) is 12.3. The molecule has 0 bridgehead atoms. The van der Waals surface area contributed by atoms with Crippen LogP contribution in [0, 0.1) is 6.92 Å². The van der Waals surface area contributed by atoms with Crippen molar-refractivity contribution in [3.05, 3.63) is 113 Å². The molecule has 0 heterocycles. The summed E-state index contributed by atoms with van der Waals surface area (Å²) < 4.78 is 41.5. The highest BCUT2D eigenvalue weighted by Crippen LogP contribution is 2.25. The minimum atomic E-state index is -4.74. The molecule has 0 aliphatic heterocycles. The second-order valence-corrected chi connectivity index (χ2v) is 9.42. The highest BCUT2D eigenvalue weighted by atomic mass is 19.4. The quantitative estimate of drug-likeness (QED) is 0.238. The fourth-order valence-corrected chi connectivity index (χ4v) is 4.45. The Morgan fingerprint density at radius 3 is 2.13 bits per heavy atom. The third kappa shape index (κ3) is 7.59. The van der Waals surface area contributed by atoms with Gasteiger partial charge in [0.25, 0.3) is 0 Å². The Labute approximate surface area is 221 Å². The van der Waals surface area contributed by atoms with Crippen LogP contribution in [0.2, 0.25) is 0 Å². The average Bonchev–Trinajstić information content (AvgIpc) is 2.89. The van der Waals surface area contributed by atoms with Crippen molar-refractivity contribution in [2.45, 2.75) is 45.8 Å². The minimum Gasteiger partial charge on any atom is -0.406 e. The molecule has 4 aromatic carbocycles. The lowest BCUT2D eigenvalue weighted by Crippen LogP contribution is -2.33. The molecule has 198 valence electrons. The van der Waals surface area contributed by atoms with Gasteiger partial charge in [0, 0.05) is 32.1 Å². The van der Waals surface area contributed by atoms with Crippen molar-refractivity contribution in [2.24, 2.45) is 0 Å². The summed E-state index contributed by atoms with van der Waals surface area (Å²) in [7, 11) is 0. The van der Waals surface area contributed by atoms with Crippen molar-refractivity contribution < 1.29 is 22.7 Å². The Morgan fingerprint density at radius 2 is 1.47 bits per heavy atom. The molecule has 38 heavy (non-hydrogen) atoms. The van der Waals surface area contributed by atoms with Gasteiger partial charge >= 0.3 is 6.36 Å². The van der Waals surface area contributed by atoms with E-state index in [0.717, 1.165) is 16.7 Å². The highest BCUT2D eigenvalue weighted by Gasteiger charge is 2.31. The number of alkyl halides is 3. The third-order valence-corrected chi connectivity index (χ3v) is 6.46. The number of carbonyl (C=O) groups is 1. The maximum absolute atomic E-state index is 13.3. The maximum atomic E-state index is 13.3. The second-order valence-electron chi connectivity index (χ2n) is 9.42. The smallest absolute Gasteiger partial charge is 0.406 e. The number of rotatable bonds is 10. The van der Waals surface area contributed by atoms with Gasteiger partial charge in [-0.1, -0.05) is 84.4 Å². The van der Waals surface area contributed by atoms with Crippen molar-refractivity contribution in [1.29, 1.82) is 0 Å². The van der Waals surface area contributed by atoms with E-state index in [1.54, 1.807) is 17.0 Å². The number of ether oxygens (including phenoxy) is 1. The molecule has 7 heteroatoms. The molecule has 0 fully saturated rings. The summed E-state index contributed by atoms with van der Waals surface area (Å²) in [5.74, 6) is -0.330. The van der Waals surface area contributed by atoms with Gasteiger partial charge in [-0.25, -0.2) is 0 Å². The number of carbonyl (C=O) groups excluding carboxylic acids is 1. The molecule has 1 amide bonds. The highest BCUT2D eigenvalue weighted by molar-refractivity contribution is 5.86. The van der Waals surface area contributed by atoms with Crippen LogP contribution in [0.1, 0.15) is 41.6 Å². The van der Waals surface area contributed by atoms with Gasteiger partial charge in [0.15, 0.2) is 0 Å². The molecule has 0 aliphatic carbocycles. The molecule has 4 nitrogen and oxygen atoms in total. The van der Waals surface area contributed by atoms with Gasteiger partial charge in [-0.3, -0.25) is 4.79 Å². The van der Waals surface area contributed by atoms with E-state index < -0.39 is 6.36 Å². The number of benzene rings is 4. The first-order chi connectivity index (χ1) is 18.2. The molecule has 0 saturated heterocycles. The zero-order valence-electron chi connectivity index (χ0n) is 21.5. The number of hydrogen-bond donors (Lipinski definition) is 1. The monoisotopic (exact) mass is 520 g/mol. The molecular weight excluding hydrogens is 489 g/mol. The van der Waals surface area contributed by atoms with Crippen LogP contribution < -0.4 is 10.1 Å². The Hall–Kier alpha value is -3.84. The summed E-state index contributed by atoms with van der Waals surface area (Å²) in [5, 5.41) is 5.82. The Bertz CT molecular complexity index is 1350. The number of fused-ring (bicyclic) bond motifs is 1. The molecule has 0 spiro atoms. The summed E-state index contributed by atoms with van der Waals surface area (Å²) >= 11 is 0. The first-order valence-corrected chi connectivity index (χ1v) is 12.6. The minimum absolute atomic E-state index is 0.0428. The summed E-state index contributed by atoms with van der Waals surface area (Å²) in [6.07, 6.45) is -4.46. The first kappa shape index (κ1) is 27.2. The third-order valence-electron chi connectivity index (χ3n) is 6.46. The lowest BCUT2D eigenvalue weighted by Gasteiger charge is -2.24. The van der Waals surface area contributed by atoms with Crippen molar-refractivity contribution in [3.63, 3.8) is 0 Å². The van der Waals surface area contributed by atoms with Crippen LogP contribution in [-0.4, -0.2) is 23.7 Å². The van der Waals surface area contributed by atoms with Crippen LogP contribution in [0.25, 0.3) is 10.8 Å². The number of amides is 1. The molecule has 0 radical (unpaired) electrons. The van der Waals surface area contributed by atoms with Crippen molar-refractivity contribution in [3.8, 4) is 5.75 Å². The van der Waals surface area contributed by atoms with Gasteiger partial charge in [0.2, 0.25) is 5.91 Å². The molecule has 0 saturated carbocycles. The zero-order valence-corrected chi connectivity index (χ0v) is 21.5. The van der Waals surface area contributed by atoms with E-state index in [2.05, 4.69) is 41.2 Å². The van der Waals surface area contributed by atoms with E-state index in [-0.39, 0.29) is 30.7 Å². The number of halogens is 3. The SMILES string of the molecule is Cc1ccc(CN(Cc2ccc(OC(F)(F)F)cc2)C(=O)CCNC(C)c2cccc3ccccc23)cc1. The number of nitrogens with zero attached hydrogens (tertiary/aromatic N) is 1. The van der Waals surface area contributed by atoms with Gasteiger partial charge < -0.3 is 15.0 Å². The van der Waals surface area contributed by atoms with Crippen LogP contribution >= 0.6 is 0 Å². The first-order valence-electron chi connectivity index (χ1n) is 12.6. The predicted molar refractivity (Wildman–Crippen MR) is 144 cm³/mol. The molecule has 4 aromatic rings. The van der Waals surface area contributed by atoms with E-state index in [1.165, 1.54) is 28.5 Å². The molecule has 0 aromatic heterocycles. The standard InChI is InChI=1S/C31H31F3N2O2/c1-22-10-12-24(13-11-22)20-36(21-25-14-16-27(17-15-25)38-31(32,33)34)30(37)18-19-35-23(2)28-9-5-7-26-6-3-4-8-29(26)28/h3-17,23,35H,18-21H2,1-2H3. The lowest BCUT2D eigenvalue weighted by atomic mass is 9.99. The van der Waals surface area contributed by atoms with Crippen LogP contribution in [-0.2, 0) is 17.9 Å². The molecule has 4 rings (SSSR count). The van der Waals surface area contributed by atoms with E-state index in [9.17, 15) is 18.0 Å². The summed E-state index contributed by atoms with van der Waals surface area (Å²) in [4.78, 5) is 15.0. The molecular formula is C31H31F3N2O2. The molecule has 0 aliphatic rings. The van der Waals surface area contributed by atoms with Gasteiger partial charge in [0.1, 0.15) is 5.75 Å². The lowest BCUT2D eigenvalue weighted by molar-refractivity contribution is -0.274. The molecule has 1 atom stereocenters.